The minimum Gasteiger partial charge on any atom is -0.490 e. The Labute approximate surface area is 151 Å². The Kier molecular flexibility index (Phi) is 6.67. The summed E-state index contributed by atoms with van der Waals surface area (Å²) in [6.07, 6.45) is -3.18. The van der Waals surface area contributed by atoms with E-state index >= 15 is 0 Å². The average molecular weight is 388 g/mol. The van der Waals surface area contributed by atoms with E-state index in [1.807, 2.05) is 0 Å². The summed E-state index contributed by atoms with van der Waals surface area (Å²) in [5.74, 6) is -0.421. The molecule has 0 aliphatic rings. The number of halogens is 3. The van der Waals surface area contributed by atoms with Gasteiger partial charge >= 0.3 is 12.1 Å². The molecule has 10 heteroatoms. The fourth-order valence-corrected chi connectivity index (χ4v) is 2.40. The highest BCUT2D eigenvalue weighted by molar-refractivity contribution is 7.99. The molecule has 1 heterocycles. The van der Waals surface area contributed by atoms with E-state index in [9.17, 15) is 18.0 Å². The third kappa shape index (κ3) is 5.51. The molecule has 0 unspecified atom stereocenters. The van der Waals surface area contributed by atoms with Crippen LogP contribution in [0.25, 0.3) is 0 Å². The van der Waals surface area contributed by atoms with E-state index in [-0.39, 0.29) is 34.9 Å². The molecule has 0 fully saturated rings. The number of thioether (sulfide) groups is 1. The summed E-state index contributed by atoms with van der Waals surface area (Å²) in [5, 5.41) is 0.195. The standard InChI is InChI=1S/C16H15F3N2O4S/c1-3-24-13(22)9-26-15-20-8-12(23-2)14(21-15)25-11-6-4-5-10(7-11)16(17,18)19/h4-8H,3,9H2,1-2H3. The smallest absolute Gasteiger partial charge is 0.416 e. The quantitative estimate of drug-likeness (QED) is 0.404. The Morgan fingerprint density at radius 3 is 2.73 bits per heavy atom. The number of carbonyl (C=O) groups excluding carboxylic acids is 1. The summed E-state index contributed by atoms with van der Waals surface area (Å²) < 4.78 is 53.7. The molecule has 0 radical (unpaired) electrons. The van der Waals surface area contributed by atoms with E-state index in [4.69, 9.17) is 14.2 Å². The monoisotopic (exact) mass is 388 g/mol. The molecule has 2 aromatic rings. The normalized spacial score (nSPS) is 11.1. The zero-order chi connectivity index (χ0) is 19.2. The summed E-state index contributed by atoms with van der Waals surface area (Å²) in [4.78, 5) is 19.5. The van der Waals surface area contributed by atoms with Gasteiger partial charge in [0.05, 0.1) is 31.2 Å². The molecular formula is C16H15F3N2O4S. The lowest BCUT2D eigenvalue weighted by Crippen LogP contribution is -2.07. The van der Waals surface area contributed by atoms with E-state index in [0.717, 1.165) is 23.9 Å². The third-order valence-electron chi connectivity index (χ3n) is 2.92. The topological polar surface area (TPSA) is 70.5 Å². The van der Waals surface area contributed by atoms with Gasteiger partial charge in [-0.25, -0.2) is 4.98 Å². The Morgan fingerprint density at radius 2 is 2.08 bits per heavy atom. The number of hydrogen-bond acceptors (Lipinski definition) is 7. The second-order valence-electron chi connectivity index (χ2n) is 4.75. The van der Waals surface area contributed by atoms with E-state index < -0.39 is 17.7 Å². The first-order valence-corrected chi connectivity index (χ1v) is 8.36. The summed E-state index contributed by atoms with van der Waals surface area (Å²) in [5.41, 5.74) is -0.847. The number of esters is 1. The first-order valence-electron chi connectivity index (χ1n) is 7.38. The molecule has 0 saturated carbocycles. The molecule has 2 rings (SSSR count). The Balaban J connectivity index is 2.19. The van der Waals surface area contributed by atoms with E-state index in [2.05, 4.69) is 9.97 Å². The molecular weight excluding hydrogens is 373 g/mol. The van der Waals surface area contributed by atoms with Crippen molar-refractivity contribution >= 4 is 17.7 Å². The predicted octanol–water partition coefficient (Wildman–Crippen LogP) is 3.95. The van der Waals surface area contributed by atoms with Crippen LogP contribution in [-0.4, -0.2) is 35.4 Å². The molecule has 0 N–H and O–H groups in total. The summed E-state index contributed by atoms with van der Waals surface area (Å²) >= 11 is 1.01. The van der Waals surface area contributed by atoms with Crippen LogP contribution in [0, 0.1) is 0 Å². The van der Waals surface area contributed by atoms with Crippen LogP contribution in [0.15, 0.2) is 35.6 Å². The molecule has 1 aromatic carbocycles. The van der Waals surface area contributed by atoms with Crippen LogP contribution >= 0.6 is 11.8 Å². The number of benzene rings is 1. The first-order chi connectivity index (χ1) is 12.3. The highest BCUT2D eigenvalue weighted by atomic mass is 32.2. The van der Waals surface area contributed by atoms with Crippen molar-refractivity contribution in [1.82, 2.24) is 9.97 Å². The molecule has 26 heavy (non-hydrogen) atoms. The largest absolute Gasteiger partial charge is 0.490 e. The maximum atomic E-state index is 12.8. The van der Waals surface area contributed by atoms with Gasteiger partial charge in [-0.2, -0.15) is 18.2 Å². The number of ether oxygens (including phenoxy) is 3. The van der Waals surface area contributed by atoms with Crippen molar-refractivity contribution in [3.63, 3.8) is 0 Å². The van der Waals surface area contributed by atoms with Crippen LogP contribution < -0.4 is 9.47 Å². The van der Waals surface area contributed by atoms with Gasteiger partial charge in [0.15, 0.2) is 10.9 Å². The van der Waals surface area contributed by atoms with E-state index in [0.29, 0.717) is 0 Å². The maximum Gasteiger partial charge on any atom is 0.416 e. The Morgan fingerprint density at radius 1 is 1.31 bits per heavy atom. The molecule has 0 atom stereocenters. The van der Waals surface area contributed by atoms with Crippen LogP contribution in [0.2, 0.25) is 0 Å². The summed E-state index contributed by atoms with van der Waals surface area (Å²) in [7, 11) is 1.35. The molecule has 1 aromatic heterocycles. The van der Waals surface area contributed by atoms with Crippen molar-refractivity contribution in [1.29, 1.82) is 0 Å². The maximum absolute atomic E-state index is 12.8. The van der Waals surface area contributed by atoms with Gasteiger partial charge in [-0.15, -0.1) is 0 Å². The lowest BCUT2D eigenvalue weighted by molar-refractivity contribution is -0.140. The van der Waals surface area contributed by atoms with Crippen LogP contribution in [0.5, 0.6) is 17.4 Å². The molecule has 140 valence electrons. The van der Waals surface area contributed by atoms with Gasteiger partial charge in [0, 0.05) is 0 Å². The van der Waals surface area contributed by atoms with Crippen LogP contribution in [0.4, 0.5) is 13.2 Å². The highest BCUT2D eigenvalue weighted by Gasteiger charge is 2.30. The Bertz CT molecular complexity index is 771. The first kappa shape index (κ1) is 19.8. The van der Waals surface area contributed by atoms with Crippen molar-refractivity contribution in [2.24, 2.45) is 0 Å². The van der Waals surface area contributed by atoms with Crippen molar-refractivity contribution in [2.75, 3.05) is 19.5 Å². The highest BCUT2D eigenvalue weighted by Crippen LogP contribution is 2.34. The number of aromatic nitrogens is 2. The van der Waals surface area contributed by atoms with Crippen LogP contribution in [-0.2, 0) is 15.7 Å². The molecule has 0 amide bonds. The van der Waals surface area contributed by atoms with Gasteiger partial charge < -0.3 is 14.2 Å². The zero-order valence-corrected chi connectivity index (χ0v) is 14.7. The second kappa shape index (κ2) is 8.75. The van der Waals surface area contributed by atoms with Crippen molar-refractivity contribution in [3.05, 3.63) is 36.0 Å². The minimum absolute atomic E-state index is 0.0107. The van der Waals surface area contributed by atoms with Crippen molar-refractivity contribution < 1.29 is 32.2 Å². The number of rotatable bonds is 7. The molecule has 0 spiro atoms. The van der Waals surface area contributed by atoms with Crippen LogP contribution in [0.1, 0.15) is 12.5 Å². The lowest BCUT2D eigenvalue weighted by atomic mass is 10.2. The van der Waals surface area contributed by atoms with E-state index in [1.54, 1.807) is 6.92 Å². The van der Waals surface area contributed by atoms with Crippen LogP contribution in [0.3, 0.4) is 0 Å². The second-order valence-corrected chi connectivity index (χ2v) is 5.69. The number of hydrogen-bond donors (Lipinski definition) is 0. The number of nitrogens with zero attached hydrogens (tertiary/aromatic N) is 2. The fourth-order valence-electron chi connectivity index (χ4n) is 1.80. The molecule has 0 aliphatic heterocycles. The molecule has 0 aliphatic carbocycles. The lowest BCUT2D eigenvalue weighted by Gasteiger charge is -2.12. The van der Waals surface area contributed by atoms with Gasteiger partial charge in [0.25, 0.3) is 5.88 Å². The number of alkyl halides is 3. The van der Waals surface area contributed by atoms with E-state index in [1.165, 1.54) is 25.4 Å². The van der Waals surface area contributed by atoms with Crippen molar-refractivity contribution in [2.45, 2.75) is 18.3 Å². The summed E-state index contributed by atoms with van der Waals surface area (Å²) in [6, 6.07) is 4.38. The molecule has 6 nitrogen and oxygen atoms in total. The van der Waals surface area contributed by atoms with Gasteiger partial charge in [-0.3, -0.25) is 4.79 Å². The average Bonchev–Trinajstić information content (AvgIpc) is 2.60. The number of methoxy groups -OCH3 is 1. The Hall–Kier alpha value is -2.49. The van der Waals surface area contributed by atoms with Gasteiger partial charge in [-0.1, -0.05) is 17.8 Å². The zero-order valence-electron chi connectivity index (χ0n) is 13.9. The molecule has 0 saturated heterocycles. The number of carbonyl (C=O) groups is 1. The SMILES string of the molecule is CCOC(=O)CSc1ncc(OC)c(Oc2cccc(C(F)(F)F)c2)n1. The predicted molar refractivity (Wildman–Crippen MR) is 87.5 cm³/mol. The minimum atomic E-state index is -4.49. The van der Waals surface area contributed by atoms with Crippen molar-refractivity contribution in [3.8, 4) is 17.4 Å². The fraction of sp³-hybridized carbons (Fsp3) is 0.312. The van der Waals surface area contributed by atoms with Gasteiger partial charge in [0.1, 0.15) is 5.75 Å². The summed E-state index contributed by atoms with van der Waals surface area (Å²) in [6.45, 7) is 1.94. The van der Waals surface area contributed by atoms with Gasteiger partial charge in [0.2, 0.25) is 0 Å². The third-order valence-corrected chi connectivity index (χ3v) is 3.76. The molecule has 0 bridgehead atoms. The van der Waals surface area contributed by atoms with Gasteiger partial charge in [-0.05, 0) is 25.1 Å².